The highest BCUT2D eigenvalue weighted by molar-refractivity contribution is 7.17. The molecule has 0 unspecified atom stereocenters. The molecule has 0 aliphatic carbocycles. The van der Waals surface area contributed by atoms with E-state index in [0.29, 0.717) is 21.2 Å². The van der Waals surface area contributed by atoms with E-state index >= 15 is 0 Å². The number of carbonyl (C=O) groups is 2. The zero-order chi connectivity index (χ0) is 18.0. The summed E-state index contributed by atoms with van der Waals surface area (Å²) in [5, 5.41) is 11.4. The lowest BCUT2D eigenvalue weighted by Gasteiger charge is -2.00. The average Bonchev–Trinajstić information content (AvgIpc) is 2.99. The molecule has 0 aliphatic rings. The summed E-state index contributed by atoms with van der Waals surface area (Å²) in [6, 6.07) is 16.1. The number of carbonyl (C=O) groups excluding carboxylic acids is 1. The normalized spacial score (nSPS) is 10.6. The van der Waals surface area contributed by atoms with Crippen LogP contribution in [0.1, 0.15) is 25.6 Å². The van der Waals surface area contributed by atoms with Crippen LogP contribution in [0.15, 0.2) is 54.6 Å². The molecule has 3 rings (SSSR count). The molecule has 0 radical (unpaired) electrons. The number of nitrogens with two attached hydrogens (primary N) is 1. The Morgan fingerprint density at radius 3 is 2.40 bits per heavy atom. The summed E-state index contributed by atoms with van der Waals surface area (Å²) in [7, 11) is 0. The second-order valence-corrected chi connectivity index (χ2v) is 7.01. The maximum Gasteiger partial charge on any atom is 0.352 e. The molecule has 0 fully saturated rings. The third kappa shape index (κ3) is 3.79. The van der Waals surface area contributed by atoms with Crippen LogP contribution in [-0.4, -0.2) is 17.0 Å². The molecule has 6 heteroatoms. The number of aryl methyl sites for hydroxylation is 1. The number of hydrogen-bond acceptors (Lipinski definition) is 3. The average molecular weight is 373 g/mol. The molecule has 25 heavy (non-hydrogen) atoms. The molecule has 0 saturated carbocycles. The van der Waals surface area contributed by atoms with Gasteiger partial charge >= 0.3 is 11.9 Å². The van der Waals surface area contributed by atoms with Gasteiger partial charge in [-0.1, -0.05) is 47.5 Å². The molecule has 1 heterocycles. The Kier molecular flexibility index (Phi) is 4.99. The van der Waals surface area contributed by atoms with E-state index in [4.69, 9.17) is 11.6 Å². The third-order valence-corrected chi connectivity index (χ3v) is 5.22. The number of amides is 1. The lowest BCUT2D eigenvalue weighted by atomic mass is 10.1. The van der Waals surface area contributed by atoms with Gasteiger partial charge in [0.05, 0.1) is 5.56 Å². The number of aromatic carboxylic acids is 1. The van der Waals surface area contributed by atoms with Crippen molar-refractivity contribution in [3.8, 4) is 10.4 Å². The minimum atomic E-state index is -1.06. The standard InChI is InChI=1S/C19H14ClNO3S/c1-11-6-8-12(9-7-11)18(22)21-15-10-16(25-17(15)19(23)24)13-4-2-3-5-14(13)20/h2-10H,1H3,(H,21,22)(H,23,24)/p+1. The van der Waals surface area contributed by atoms with Gasteiger partial charge in [0.1, 0.15) is 0 Å². The zero-order valence-electron chi connectivity index (χ0n) is 13.3. The van der Waals surface area contributed by atoms with Gasteiger partial charge in [-0.2, -0.15) is 0 Å². The van der Waals surface area contributed by atoms with Gasteiger partial charge in [0.25, 0.3) is 0 Å². The van der Waals surface area contributed by atoms with E-state index in [1.54, 1.807) is 24.3 Å². The van der Waals surface area contributed by atoms with E-state index in [0.717, 1.165) is 22.5 Å². The highest BCUT2D eigenvalue weighted by atomic mass is 35.5. The zero-order valence-corrected chi connectivity index (χ0v) is 14.9. The highest BCUT2D eigenvalue weighted by Crippen LogP contribution is 2.36. The Hall–Kier alpha value is -2.47. The van der Waals surface area contributed by atoms with Crippen LogP contribution in [0.25, 0.3) is 10.4 Å². The van der Waals surface area contributed by atoms with Crippen LogP contribution < -0.4 is 5.32 Å². The van der Waals surface area contributed by atoms with Crippen molar-refractivity contribution in [2.45, 2.75) is 6.92 Å². The Balaban J connectivity index is 1.95. The van der Waals surface area contributed by atoms with Crippen LogP contribution in [0.5, 0.6) is 0 Å². The van der Waals surface area contributed by atoms with E-state index < -0.39 is 5.97 Å². The first-order valence-electron chi connectivity index (χ1n) is 7.53. The Morgan fingerprint density at radius 1 is 1.08 bits per heavy atom. The first-order valence-corrected chi connectivity index (χ1v) is 8.73. The number of carboxylic acids is 1. The van der Waals surface area contributed by atoms with Gasteiger partial charge in [-0.3, -0.25) is 0 Å². The number of hydrogen-bond donors (Lipinski definition) is 2. The molecule has 0 spiro atoms. The molecule has 3 N–H and O–H groups in total. The number of rotatable bonds is 4. The smallest absolute Gasteiger partial charge is 0.352 e. The molecule has 4 nitrogen and oxygen atoms in total. The summed E-state index contributed by atoms with van der Waals surface area (Å²) < 4.78 is 0. The molecule has 0 bridgehead atoms. The van der Waals surface area contributed by atoms with Gasteiger partial charge in [-0.05, 0) is 25.1 Å². The van der Waals surface area contributed by atoms with Gasteiger partial charge < -0.3 is 5.11 Å². The van der Waals surface area contributed by atoms with E-state index in [1.165, 1.54) is 5.32 Å². The maximum atomic E-state index is 12.4. The fourth-order valence-electron chi connectivity index (χ4n) is 2.42. The van der Waals surface area contributed by atoms with Gasteiger partial charge in [0, 0.05) is 21.5 Å². The van der Waals surface area contributed by atoms with Crippen LogP contribution in [0.2, 0.25) is 5.02 Å². The molecule has 126 valence electrons. The molecule has 0 atom stereocenters. The van der Waals surface area contributed by atoms with E-state index in [-0.39, 0.29) is 10.8 Å². The van der Waals surface area contributed by atoms with Crippen molar-refractivity contribution < 1.29 is 20.0 Å². The third-order valence-electron chi connectivity index (χ3n) is 3.72. The summed E-state index contributed by atoms with van der Waals surface area (Å²) in [6.45, 7) is 1.94. The first kappa shape index (κ1) is 17.4. The van der Waals surface area contributed by atoms with E-state index in [2.05, 4.69) is 0 Å². The SMILES string of the molecule is Cc1ccc(C(=O)[NH2+]c2cc(-c3ccccc3Cl)sc2C(=O)O)cc1. The molecule has 0 aliphatic heterocycles. The minimum Gasteiger partial charge on any atom is -0.477 e. The molecular formula is C19H15ClNO3S+. The van der Waals surface area contributed by atoms with Crippen molar-refractivity contribution in [2.24, 2.45) is 0 Å². The first-order chi connectivity index (χ1) is 12.0. The van der Waals surface area contributed by atoms with Gasteiger partial charge in [0.2, 0.25) is 0 Å². The Morgan fingerprint density at radius 2 is 1.76 bits per heavy atom. The minimum absolute atomic E-state index is 0.121. The summed E-state index contributed by atoms with van der Waals surface area (Å²) in [5.41, 5.74) is 2.71. The van der Waals surface area contributed by atoms with E-state index in [1.807, 2.05) is 37.3 Å². The topological polar surface area (TPSA) is 71.0 Å². The lowest BCUT2D eigenvalue weighted by Crippen LogP contribution is -2.82. The molecule has 1 amide bonds. The summed E-state index contributed by atoms with van der Waals surface area (Å²) in [5.74, 6) is -1.29. The summed E-state index contributed by atoms with van der Waals surface area (Å²) in [6.07, 6.45) is 0. The monoisotopic (exact) mass is 372 g/mol. The van der Waals surface area contributed by atoms with Crippen molar-refractivity contribution in [2.75, 3.05) is 0 Å². The fourth-order valence-corrected chi connectivity index (χ4v) is 3.73. The Labute approximate surface area is 153 Å². The van der Waals surface area contributed by atoms with Crippen molar-refractivity contribution in [1.82, 2.24) is 0 Å². The molecule has 2 aromatic carbocycles. The van der Waals surface area contributed by atoms with Crippen LogP contribution in [0.3, 0.4) is 0 Å². The molecule has 3 aromatic rings. The maximum absolute atomic E-state index is 12.4. The fraction of sp³-hybridized carbons (Fsp3) is 0.0526. The van der Waals surface area contributed by atoms with Crippen LogP contribution in [0.4, 0.5) is 5.69 Å². The number of primary amides is 1. The van der Waals surface area contributed by atoms with Crippen molar-refractivity contribution in [3.05, 3.63) is 75.6 Å². The predicted molar refractivity (Wildman–Crippen MR) is 98.8 cm³/mol. The Bertz CT molecular complexity index is 948. The van der Waals surface area contributed by atoms with Gasteiger partial charge in [0.15, 0.2) is 10.6 Å². The van der Waals surface area contributed by atoms with Gasteiger partial charge in [-0.15, -0.1) is 11.3 Å². The molecule has 0 saturated heterocycles. The van der Waals surface area contributed by atoms with Crippen molar-refractivity contribution >= 4 is 40.5 Å². The van der Waals surface area contributed by atoms with Crippen LogP contribution >= 0.6 is 22.9 Å². The number of carboxylic acid groups (broad SMARTS) is 1. The van der Waals surface area contributed by atoms with Gasteiger partial charge in [-0.25, -0.2) is 14.9 Å². The largest absolute Gasteiger partial charge is 0.477 e. The van der Waals surface area contributed by atoms with Crippen molar-refractivity contribution in [1.29, 1.82) is 0 Å². The number of quaternary nitrogens is 1. The van der Waals surface area contributed by atoms with Crippen LogP contribution in [0, 0.1) is 6.92 Å². The summed E-state index contributed by atoms with van der Waals surface area (Å²) in [4.78, 5) is 24.8. The lowest BCUT2D eigenvalue weighted by molar-refractivity contribution is -0.463. The second kappa shape index (κ2) is 7.19. The second-order valence-electron chi connectivity index (χ2n) is 5.55. The van der Waals surface area contributed by atoms with E-state index in [9.17, 15) is 14.7 Å². The highest BCUT2D eigenvalue weighted by Gasteiger charge is 2.23. The van der Waals surface area contributed by atoms with Crippen molar-refractivity contribution in [3.63, 3.8) is 0 Å². The molecule has 1 aromatic heterocycles. The van der Waals surface area contributed by atoms with Crippen LogP contribution in [-0.2, 0) is 0 Å². The quantitative estimate of drug-likeness (QED) is 0.724. The predicted octanol–water partition coefficient (Wildman–Crippen LogP) is 4.11. The molecular weight excluding hydrogens is 358 g/mol. The summed E-state index contributed by atoms with van der Waals surface area (Å²) >= 11 is 7.31. The number of halogens is 1. The number of thiophene rings is 1. The number of benzene rings is 2.